The molecule has 41 heavy (non-hydrogen) atoms. The Bertz CT molecular complexity index is 1920. The molecular formula is C33H29NO7. The maximum atomic E-state index is 14.0. The zero-order valence-electron chi connectivity index (χ0n) is 23.1. The van der Waals surface area contributed by atoms with Crippen LogP contribution >= 0.6 is 0 Å². The summed E-state index contributed by atoms with van der Waals surface area (Å²) in [4.78, 5) is 40.6. The molecule has 6 rings (SSSR count). The third-order valence-electron chi connectivity index (χ3n) is 7.93. The van der Waals surface area contributed by atoms with Crippen LogP contribution in [0.3, 0.4) is 0 Å². The molecule has 0 saturated carbocycles. The predicted octanol–water partition coefficient (Wildman–Crippen LogP) is 5.43. The van der Waals surface area contributed by atoms with Crippen LogP contribution in [0.15, 0.2) is 80.9 Å². The molecule has 1 atom stereocenters. The summed E-state index contributed by atoms with van der Waals surface area (Å²) in [6.45, 7) is 0.581. The van der Waals surface area contributed by atoms with Crippen molar-refractivity contribution in [1.29, 1.82) is 0 Å². The Morgan fingerprint density at radius 2 is 1.80 bits per heavy atom. The van der Waals surface area contributed by atoms with E-state index in [0.29, 0.717) is 45.7 Å². The Hall–Kier alpha value is -4.85. The summed E-state index contributed by atoms with van der Waals surface area (Å²) in [6.07, 6.45) is 3.02. The van der Waals surface area contributed by atoms with Gasteiger partial charge in [0, 0.05) is 23.6 Å². The minimum atomic E-state index is -0.790. The standard InChI is InChI=1S/C33H29NO7/c1-38-22-11-9-19(10-12-22)26-18-41-32-23(31(26)36)13-14-27(39-2)29(32)24(17-28(35)40-3)25-16-21-7-4-6-20-8-5-15-34(30(20)21)33(25)37/h4,6-7,9-14,16,18,24H,5,8,15,17H2,1-3H3/t24-/m1/s1. The first-order chi connectivity index (χ1) is 19.9. The zero-order chi connectivity index (χ0) is 28.7. The molecule has 1 aliphatic heterocycles. The van der Waals surface area contributed by atoms with E-state index in [4.69, 9.17) is 18.6 Å². The summed E-state index contributed by atoms with van der Waals surface area (Å²) in [5.41, 5.74) is 3.79. The average Bonchev–Trinajstić information content (AvgIpc) is 3.01. The Kier molecular flexibility index (Phi) is 6.83. The molecule has 1 aliphatic rings. The second kappa shape index (κ2) is 10.6. The van der Waals surface area contributed by atoms with Gasteiger partial charge in [-0.2, -0.15) is 0 Å². The fourth-order valence-corrected chi connectivity index (χ4v) is 5.93. The monoisotopic (exact) mass is 551 g/mol. The van der Waals surface area contributed by atoms with Crippen LogP contribution in [0.25, 0.3) is 33.0 Å². The normalized spacial score (nSPS) is 13.2. The van der Waals surface area contributed by atoms with Gasteiger partial charge in [0.15, 0.2) is 0 Å². The molecule has 0 spiro atoms. The second-order valence-corrected chi connectivity index (χ2v) is 10.1. The van der Waals surface area contributed by atoms with Gasteiger partial charge in [-0.3, -0.25) is 14.4 Å². The van der Waals surface area contributed by atoms with E-state index in [1.807, 2.05) is 24.3 Å². The van der Waals surface area contributed by atoms with Gasteiger partial charge in [0.05, 0.1) is 44.2 Å². The molecule has 0 N–H and O–H groups in total. The van der Waals surface area contributed by atoms with E-state index in [2.05, 4.69) is 0 Å². The minimum absolute atomic E-state index is 0.143. The lowest BCUT2D eigenvalue weighted by molar-refractivity contribution is -0.140. The van der Waals surface area contributed by atoms with E-state index in [1.165, 1.54) is 20.5 Å². The Morgan fingerprint density at radius 3 is 2.54 bits per heavy atom. The van der Waals surface area contributed by atoms with Gasteiger partial charge in [0.25, 0.3) is 5.56 Å². The highest BCUT2D eigenvalue weighted by atomic mass is 16.5. The molecule has 8 nitrogen and oxygen atoms in total. The number of esters is 1. The summed E-state index contributed by atoms with van der Waals surface area (Å²) in [5.74, 6) is -0.219. The molecule has 3 heterocycles. The predicted molar refractivity (Wildman–Crippen MR) is 156 cm³/mol. The molecule has 0 aliphatic carbocycles. The number of benzene rings is 3. The Morgan fingerprint density at radius 1 is 1.00 bits per heavy atom. The molecule has 0 bridgehead atoms. The van der Waals surface area contributed by atoms with Crippen molar-refractivity contribution in [1.82, 2.24) is 4.57 Å². The molecular weight excluding hydrogens is 522 g/mol. The number of methoxy groups -OCH3 is 3. The van der Waals surface area contributed by atoms with Crippen molar-refractivity contribution in [2.24, 2.45) is 0 Å². The Balaban J connectivity index is 1.61. The lowest BCUT2D eigenvalue weighted by Crippen LogP contribution is -2.30. The van der Waals surface area contributed by atoms with E-state index in [9.17, 15) is 14.4 Å². The topological polar surface area (TPSA) is 97.0 Å². The van der Waals surface area contributed by atoms with E-state index >= 15 is 0 Å². The SMILES string of the molecule is COC(=O)C[C@H](c1cc2cccc3c2n(c1=O)CCC3)c1c(OC)ccc2c(=O)c(-c3ccc(OC)cc3)coc12. The third kappa shape index (κ3) is 4.45. The molecule has 2 aromatic heterocycles. The lowest BCUT2D eigenvalue weighted by atomic mass is 9.85. The first-order valence-electron chi connectivity index (χ1n) is 13.4. The maximum absolute atomic E-state index is 14.0. The van der Waals surface area contributed by atoms with Gasteiger partial charge >= 0.3 is 5.97 Å². The number of hydrogen-bond acceptors (Lipinski definition) is 7. The van der Waals surface area contributed by atoms with Crippen molar-refractivity contribution in [2.45, 2.75) is 31.7 Å². The van der Waals surface area contributed by atoms with E-state index in [-0.39, 0.29) is 23.0 Å². The fraction of sp³-hybridized carbons (Fsp3) is 0.242. The number of carbonyl (C=O) groups is 1. The largest absolute Gasteiger partial charge is 0.497 e. The second-order valence-electron chi connectivity index (χ2n) is 10.1. The maximum Gasteiger partial charge on any atom is 0.306 e. The fourth-order valence-electron chi connectivity index (χ4n) is 5.93. The van der Waals surface area contributed by atoms with Crippen LogP contribution in [-0.2, 0) is 22.5 Å². The van der Waals surface area contributed by atoms with Gasteiger partial charge in [0.1, 0.15) is 23.3 Å². The smallest absolute Gasteiger partial charge is 0.306 e. The number of aryl methyl sites for hydroxylation is 2. The van der Waals surface area contributed by atoms with Crippen molar-refractivity contribution >= 4 is 27.8 Å². The van der Waals surface area contributed by atoms with Crippen LogP contribution in [0.1, 0.15) is 35.4 Å². The van der Waals surface area contributed by atoms with E-state index < -0.39 is 11.9 Å². The molecule has 0 amide bonds. The van der Waals surface area contributed by atoms with Gasteiger partial charge in [-0.1, -0.05) is 30.3 Å². The highest BCUT2D eigenvalue weighted by Gasteiger charge is 2.30. The number of rotatable bonds is 7. The van der Waals surface area contributed by atoms with Crippen LogP contribution in [0.5, 0.6) is 11.5 Å². The highest BCUT2D eigenvalue weighted by Crippen LogP contribution is 2.40. The van der Waals surface area contributed by atoms with Crippen molar-refractivity contribution < 1.29 is 23.4 Å². The highest BCUT2D eigenvalue weighted by molar-refractivity contribution is 5.89. The minimum Gasteiger partial charge on any atom is -0.497 e. The van der Waals surface area contributed by atoms with Crippen LogP contribution in [-0.4, -0.2) is 31.9 Å². The summed E-state index contributed by atoms with van der Waals surface area (Å²) in [5, 5.41) is 1.22. The van der Waals surface area contributed by atoms with Gasteiger partial charge in [0.2, 0.25) is 5.43 Å². The van der Waals surface area contributed by atoms with E-state index in [0.717, 1.165) is 29.3 Å². The number of carbonyl (C=O) groups excluding carboxylic acids is 1. The van der Waals surface area contributed by atoms with Gasteiger partial charge in [-0.15, -0.1) is 0 Å². The number of aromatic nitrogens is 1. The summed E-state index contributed by atoms with van der Waals surface area (Å²) >= 11 is 0. The van der Waals surface area contributed by atoms with Crippen molar-refractivity contribution in [3.8, 4) is 22.6 Å². The first-order valence-corrected chi connectivity index (χ1v) is 13.4. The molecule has 0 fully saturated rings. The molecule has 0 saturated heterocycles. The van der Waals surface area contributed by atoms with Crippen LogP contribution < -0.4 is 20.5 Å². The quantitative estimate of drug-likeness (QED) is 0.249. The van der Waals surface area contributed by atoms with Crippen molar-refractivity contribution in [3.05, 3.63) is 104 Å². The van der Waals surface area contributed by atoms with Crippen LogP contribution in [0.2, 0.25) is 0 Å². The Labute approximate surface area is 235 Å². The zero-order valence-corrected chi connectivity index (χ0v) is 23.1. The summed E-state index contributed by atoms with van der Waals surface area (Å²) < 4.78 is 24.0. The lowest BCUT2D eigenvalue weighted by Gasteiger charge is -2.24. The molecule has 8 heteroatoms. The summed E-state index contributed by atoms with van der Waals surface area (Å²) in [7, 11) is 4.39. The van der Waals surface area contributed by atoms with Gasteiger partial charge in [-0.05, 0) is 59.7 Å². The molecule has 3 aromatic carbocycles. The first kappa shape index (κ1) is 26.4. The average molecular weight is 552 g/mol. The number of ether oxygens (including phenoxy) is 3. The van der Waals surface area contributed by atoms with Crippen molar-refractivity contribution in [2.75, 3.05) is 21.3 Å². The van der Waals surface area contributed by atoms with Gasteiger partial charge in [-0.25, -0.2) is 0 Å². The number of fused-ring (bicyclic) bond motifs is 1. The number of nitrogens with zero attached hydrogens (tertiary/aromatic N) is 1. The molecule has 0 unspecified atom stereocenters. The third-order valence-corrected chi connectivity index (χ3v) is 7.93. The molecule has 208 valence electrons. The van der Waals surface area contributed by atoms with Crippen molar-refractivity contribution in [3.63, 3.8) is 0 Å². The number of hydrogen-bond donors (Lipinski definition) is 0. The summed E-state index contributed by atoms with van der Waals surface area (Å²) in [6, 6.07) is 18.3. The van der Waals surface area contributed by atoms with Gasteiger partial charge < -0.3 is 23.2 Å². The van der Waals surface area contributed by atoms with Crippen LogP contribution in [0, 0.1) is 0 Å². The molecule has 5 aromatic rings. The number of para-hydroxylation sites is 1. The number of pyridine rings is 1. The van der Waals surface area contributed by atoms with Crippen LogP contribution in [0.4, 0.5) is 0 Å². The molecule has 0 radical (unpaired) electrons. The van der Waals surface area contributed by atoms with E-state index in [1.54, 1.807) is 48.1 Å².